The van der Waals surface area contributed by atoms with E-state index in [0.717, 1.165) is 24.7 Å². The Bertz CT molecular complexity index is 610. The van der Waals surface area contributed by atoms with Crippen LogP contribution in [0.3, 0.4) is 0 Å². The molecule has 1 saturated heterocycles. The van der Waals surface area contributed by atoms with Crippen LogP contribution in [-0.2, 0) is 10.0 Å². The number of nitrogens with zero attached hydrogens (tertiary/aromatic N) is 1. The molecule has 0 bridgehead atoms. The fourth-order valence-electron chi connectivity index (χ4n) is 2.04. The Morgan fingerprint density at radius 2 is 2.05 bits per heavy atom. The summed E-state index contributed by atoms with van der Waals surface area (Å²) in [7, 11) is -3.79. The summed E-state index contributed by atoms with van der Waals surface area (Å²) in [5.41, 5.74) is -0.640. The number of sulfonamides is 1. The van der Waals surface area contributed by atoms with Gasteiger partial charge in [0.05, 0.1) is 10.5 Å². The second kappa shape index (κ2) is 5.86. The molecule has 0 amide bonds. The minimum absolute atomic E-state index is 0.196. The Morgan fingerprint density at radius 1 is 1.30 bits per heavy atom. The first-order chi connectivity index (χ1) is 9.43. The van der Waals surface area contributed by atoms with Crippen LogP contribution in [0.15, 0.2) is 23.1 Å². The molecule has 0 unspecified atom stereocenters. The SMILES string of the molecule is O=C(O)c1cc(S(=O)(=O)N2CCCNCC2)ccc1F. The highest BCUT2D eigenvalue weighted by molar-refractivity contribution is 7.89. The number of hydrogen-bond donors (Lipinski definition) is 2. The molecule has 1 heterocycles. The standard InChI is InChI=1S/C12H15FN2O4S/c13-11-3-2-9(8-10(11)12(16)17)20(18,19)15-6-1-4-14-5-7-15/h2-3,8,14H,1,4-7H2,(H,16,17). The molecule has 0 saturated carbocycles. The number of halogens is 1. The van der Waals surface area contributed by atoms with E-state index in [1.165, 1.54) is 4.31 Å². The van der Waals surface area contributed by atoms with Gasteiger partial charge in [0, 0.05) is 19.6 Å². The van der Waals surface area contributed by atoms with E-state index in [-0.39, 0.29) is 4.90 Å². The topological polar surface area (TPSA) is 86.7 Å². The van der Waals surface area contributed by atoms with Crippen molar-refractivity contribution in [2.75, 3.05) is 26.2 Å². The maximum atomic E-state index is 13.3. The number of carboxylic acid groups (broad SMARTS) is 1. The van der Waals surface area contributed by atoms with Crippen molar-refractivity contribution < 1.29 is 22.7 Å². The molecule has 1 aromatic carbocycles. The summed E-state index contributed by atoms with van der Waals surface area (Å²) in [5.74, 6) is -2.44. The minimum atomic E-state index is -3.79. The van der Waals surface area contributed by atoms with Gasteiger partial charge in [-0.1, -0.05) is 0 Å². The fraction of sp³-hybridized carbons (Fsp3) is 0.417. The molecule has 0 aromatic heterocycles. The van der Waals surface area contributed by atoms with Crippen molar-refractivity contribution in [2.24, 2.45) is 0 Å². The molecular formula is C12H15FN2O4S. The molecule has 110 valence electrons. The third-order valence-electron chi connectivity index (χ3n) is 3.11. The van der Waals surface area contributed by atoms with E-state index in [4.69, 9.17) is 5.11 Å². The van der Waals surface area contributed by atoms with E-state index in [1.807, 2.05) is 0 Å². The zero-order valence-electron chi connectivity index (χ0n) is 10.7. The largest absolute Gasteiger partial charge is 0.478 e. The molecule has 1 aliphatic heterocycles. The lowest BCUT2D eigenvalue weighted by molar-refractivity contribution is 0.0691. The van der Waals surface area contributed by atoms with Crippen molar-refractivity contribution in [1.29, 1.82) is 0 Å². The van der Waals surface area contributed by atoms with E-state index in [9.17, 15) is 17.6 Å². The summed E-state index contributed by atoms with van der Waals surface area (Å²) in [6.45, 7) is 1.93. The molecule has 8 heteroatoms. The zero-order valence-corrected chi connectivity index (χ0v) is 11.5. The number of rotatable bonds is 3. The monoisotopic (exact) mass is 302 g/mol. The molecule has 6 nitrogen and oxygen atoms in total. The molecule has 0 atom stereocenters. The number of carbonyl (C=O) groups is 1. The second-order valence-corrected chi connectivity index (χ2v) is 6.39. The summed E-state index contributed by atoms with van der Waals surface area (Å²) in [6, 6.07) is 2.83. The van der Waals surface area contributed by atoms with Crippen molar-refractivity contribution >= 4 is 16.0 Å². The number of aromatic carboxylic acids is 1. The van der Waals surface area contributed by atoms with Crippen LogP contribution in [0.25, 0.3) is 0 Å². The van der Waals surface area contributed by atoms with Crippen molar-refractivity contribution in [3.63, 3.8) is 0 Å². The van der Waals surface area contributed by atoms with Crippen molar-refractivity contribution in [3.05, 3.63) is 29.6 Å². The fourth-order valence-corrected chi connectivity index (χ4v) is 3.55. The van der Waals surface area contributed by atoms with Crippen LogP contribution >= 0.6 is 0 Å². The van der Waals surface area contributed by atoms with Crippen LogP contribution in [0.1, 0.15) is 16.8 Å². The number of nitrogens with one attached hydrogen (secondary N) is 1. The Labute approximate surface area is 116 Å². The van der Waals surface area contributed by atoms with E-state index < -0.39 is 27.4 Å². The quantitative estimate of drug-likeness (QED) is 0.849. The predicted octanol–water partition coefficient (Wildman–Crippen LogP) is 0.508. The lowest BCUT2D eigenvalue weighted by atomic mass is 10.2. The van der Waals surface area contributed by atoms with Gasteiger partial charge in [-0.15, -0.1) is 0 Å². The Kier molecular flexibility index (Phi) is 4.36. The summed E-state index contributed by atoms with van der Waals surface area (Å²) < 4.78 is 39.4. The smallest absolute Gasteiger partial charge is 0.338 e. The highest BCUT2D eigenvalue weighted by atomic mass is 32.2. The van der Waals surface area contributed by atoms with E-state index in [0.29, 0.717) is 26.1 Å². The van der Waals surface area contributed by atoms with Crippen LogP contribution in [0.5, 0.6) is 0 Å². The summed E-state index contributed by atoms with van der Waals surface area (Å²) in [5, 5.41) is 11.9. The Balaban J connectivity index is 2.38. The average molecular weight is 302 g/mol. The molecule has 1 aromatic rings. The molecular weight excluding hydrogens is 287 g/mol. The van der Waals surface area contributed by atoms with Gasteiger partial charge >= 0.3 is 5.97 Å². The van der Waals surface area contributed by atoms with Gasteiger partial charge in [0.25, 0.3) is 0 Å². The van der Waals surface area contributed by atoms with Crippen LogP contribution in [0, 0.1) is 5.82 Å². The Hall–Kier alpha value is -1.51. The third-order valence-corrected chi connectivity index (χ3v) is 5.00. The summed E-state index contributed by atoms with van der Waals surface area (Å²) in [4.78, 5) is 10.7. The lowest BCUT2D eigenvalue weighted by Gasteiger charge is -2.19. The number of benzene rings is 1. The van der Waals surface area contributed by atoms with Gasteiger partial charge in [0.15, 0.2) is 0 Å². The molecule has 20 heavy (non-hydrogen) atoms. The molecule has 0 spiro atoms. The van der Waals surface area contributed by atoms with Gasteiger partial charge in [0.2, 0.25) is 10.0 Å². The van der Waals surface area contributed by atoms with Crippen molar-refractivity contribution in [3.8, 4) is 0 Å². The second-order valence-electron chi connectivity index (χ2n) is 4.45. The van der Waals surface area contributed by atoms with E-state index in [1.54, 1.807) is 0 Å². The van der Waals surface area contributed by atoms with Crippen LogP contribution < -0.4 is 5.32 Å². The molecule has 2 N–H and O–H groups in total. The molecule has 0 aliphatic carbocycles. The Morgan fingerprint density at radius 3 is 2.75 bits per heavy atom. The zero-order chi connectivity index (χ0) is 14.8. The maximum absolute atomic E-state index is 13.3. The summed E-state index contributed by atoms with van der Waals surface area (Å²) in [6.07, 6.45) is 0.673. The van der Waals surface area contributed by atoms with Crippen molar-refractivity contribution in [2.45, 2.75) is 11.3 Å². The first-order valence-electron chi connectivity index (χ1n) is 6.16. The maximum Gasteiger partial charge on any atom is 0.338 e. The molecule has 1 fully saturated rings. The first-order valence-corrected chi connectivity index (χ1v) is 7.60. The van der Waals surface area contributed by atoms with Gasteiger partial charge in [-0.25, -0.2) is 17.6 Å². The number of hydrogen-bond acceptors (Lipinski definition) is 4. The average Bonchev–Trinajstić information content (AvgIpc) is 2.67. The highest BCUT2D eigenvalue weighted by Gasteiger charge is 2.26. The van der Waals surface area contributed by atoms with Crippen LogP contribution in [0.2, 0.25) is 0 Å². The van der Waals surface area contributed by atoms with Gasteiger partial charge in [-0.3, -0.25) is 0 Å². The van der Waals surface area contributed by atoms with E-state index in [2.05, 4.69) is 5.32 Å². The van der Waals surface area contributed by atoms with Gasteiger partial charge in [-0.05, 0) is 31.2 Å². The van der Waals surface area contributed by atoms with Crippen molar-refractivity contribution in [1.82, 2.24) is 9.62 Å². The first kappa shape index (κ1) is 14.9. The highest BCUT2D eigenvalue weighted by Crippen LogP contribution is 2.20. The van der Waals surface area contributed by atoms with Gasteiger partial charge < -0.3 is 10.4 Å². The van der Waals surface area contributed by atoms with E-state index >= 15 is 0 Å². The van der Waals surface area contributed by atoms with Gasteiger partial charge in [0.1, 0.15) is 5.82 Å². The normalized spacial score (nSPS) is 17.6. The summed E-state index contributed by atoms with van der Waals surface area (Å²) >= 11 is 0. The third kappa shape index (κ3) is 2.97. The van der Waals surface area contributed by atoms with Gasteiger partial charge in [-0.2, -0.15) is 4.31 Å². The predicted molar refractivity (Wildman–Crippen MR) is 69.6 cm³/mol. The molecule has 0 radical (unpaired) electrons. The minimum Gasteiger partial charge on any atom is -0.478 e. The van der Waals surface area contributed by atoms with Crippen LogP contribution in [0.4, 0.5) is 4.39 Å². The van der Waals surface area contributed by atoms with Crippen LogP contribution in [-0.4, -0.2) is 50.0 Å². The molecule has 1 aliphatic rings. The lowest BCUT2D eigenvalue weighted by Crippen LogP contribution is -2.34. The number of carboxylic acids is 1. The molecule has 2 rings (SSSR count).